The number of rotatable bonds is 5. The number of para-hydroxylation sites is 2. The number of hydrogen-bond acceptors (Lipinski definition) is 5. The summed E-state index contributed by atoms with van der Waals surface area (Å²) in [6, 6.07) is 8.77. The van der Waals surface area contributed by atoms with E-state index in [0.717, 1.165) is 0 Å². The molecule has 1 amide bonds. The molecule has 2 aromatic rings. The van der Waals surface area contributed by atoms with Crippen molar-refractivity contribution in [3.8, 4) is 11.5 Å². The molecule has 1 N–H and O–H groups in total. The minimum absolute atomic E-state index is 0.316. The predicted molar refractivity (Wildman–Crippen MR) is 73.0 cm³/mol. The number of nitrogens with zero attached hydrogens (tertiary/aromatic N) is 1. The SMILES string of the molecule is COc1ccccc1O[C@H](C)C(=O)Nc1cc(C)on1. The predicted octanol–water partition coefficient (Wildman–Crippen LogP) is 2.40. The molecule has 0 unspecified atom stereocenters. The molecule has 106 valence electrons. The second kappa shape index (κ2) is 6.10. The summed E-state index contributed by atoms with van der Waals surface area (Å²) in [5.41, 5.74) is 0. The van der Waals surface area contributed by atoms with Crippen LogP contribution in [0.5, 0.6) is 11.5 Å². The molecule has 1 heterocycles. The van der Waals surface area contributed by atoms with E-state index in [-0.39, 0.29) is 5.91 Å². The van der Waals surface area contributed by atoms with Gasteiger partial charge in [-0.3, -0.25) is 4.79 Å². The molecule has 1 aromatic heterocycles. The Labute approximate surface area is 116 Å². The lowest BCUT2D eigenvalue weighted by Crippen LogP contribution is -2.30. The molecular formula is C14H16N2O4. The summed E-state index contributed by atoms with van der Waals surface area (Å²) in [4.78, 5) is 12.0. The Morgan fingerprint density at radius 1 is 1.35 bits per heavy atom. The van der Waals surface area contributed by atoms with Crippen LogP contribution in [0.25, 0.3) is 0 Å². The molecule has 6 nitrogen and oxygen atoms in total. The molecule has 0 fully saturated rings. The van der Waals surface area contributed by atoms with E-state index in [1.165, 1.54) is 0 Å². The molecule has 20 heavy (non-hydrogen) atoms. The molecule has 0 spiro atoms. The topological polar surface area (TPSA) is 73.6 Å². The first-order valence-electron chi connectivity index (χ1n) is 6.14. The zero-order valence-corrected chi connectivity index (χ0v) is 11.5. The average molecular weight is 276 g/mol. The highest BCUT2D eigenvalue weighted by Gasteiger charge is 2.17. The van der Waals surface area contributed by atoms with Crippen molar-refractivity contribution in [2.24, 2.45) is 0 Å². The third-order valence-corrected chi connectivity index (χ3v) is 2.62. The van der Waals surface area contributed by atoms with Crippen molar-refractivity contribution >= 4 is 11.7 Å². The van der Waals surface area contributed by atoms with Gasteiger partial charge in [-0.15, -0.1) is 0 Å². The largest absolute Gasteiger partial charge is 0.493 e. The lowest BCUT2D eigenvalue weighted by molar-refractivity contribution is -0.122. The first-order chi connectivity index (χ1) is 9.60. The van der Waals surface area contributed by atoms with Crippen LogP contribution in [0.2, 0.25) is 0 Å². The maximum absolute atomic E-state index is 12.0. The second-order valence-electron chi connectivity index (χ2n) is 4.22. The zero-order chi connectivity index (χ0) is 14.5. The average Bonchev–Trinajstić information content (AvgIpc) is 2.84. The van der Waals surface area contributed by atoms with Crippen LogP contribution in [-0.4, -0.2) is 24.3 Å². The lowest BCUT2D eigenvalue weighted by atomic mass is 10.3. The molecule has 1 aromatic carbocycles. The number of anilines is 1. The number of nitrogens with one attached hydrogen (secondary N) is 1. The summed E-state index contributed by atoms with van der Waals surface area (Å²) in [5.74, 6) is 1.75. The number of benzene rings is 1. The van der Waals surface area contributed by atoms with Gasteiger partial charge in [0.05, 0.1) is 7.11 Å². The first-order valence-corrected chi connectivity index (χ1v) is 6.14. The van der Waals surface area contributed by atoms with Gasteiger partial charge in [-0.05, 0) is 26.0 Å². The summed E-state index contributed by atoms with van der Waals surface area (Å²) >= 11 is 0. The van der Waals surface area contributed by atoms with Gasteiger partial charge < -0.3 is 19.3 Å². The number of amides is 1. The Hall–Kier alpha value is -2.50. The van der Waals surface area contributed by atoms with E-state index in [1.807, 2.05) is 12.1 Å². The van der Waals surface area contributed by atoms with Gasteiger partial charge in [0.15, 0.2) is 23.4 Å². The Kier molecular flexibility index (Phi) is 4.24. The minimum atomic E-state index is -0.691. The standard InChI is InChI=1S/C14H16N2O4/c1-9-8-13(16-20-9)15-14(17)10(2)19-12-7-5-4-6-11(12)18-3/h4-8,10H,1-3H3,(H,15,16,17)/t10-/m1/s1. The first kappa shape index (κ1) is 13.9. The highest BCUT2D eigenvalue weighted by molar-refractivity contribution is 5.93. The van der Waals surface area contributed by atoms with Crippen LogP contribution < -0.4 is 14.8 Å². The van der Waals surface area contributed by atoms with E-state index in [4.69, 9.17) is 14.0 Å². The van der Waals surface area contributed by atoms with Crippen LogP contribution in [0.3, 0.4) is 0 Å². The summed E-state index contributed by atoms with van der Waals surface area (Å²) in [6.45, 7) is 3.39. The number of methoxy groups -OCH3 is 1. The monoisotopic (exact) mass is 276 g/mol. The fourth-order valence-electron chi connectivity index (χ4n) is 1.61. The number of carbonyl (C=O) groups is 1. The number of aryl methyl sites for hydroxylation is 1. The second-order valence-corrected chi connectivity index (χ2v) is 4.22. The van der Waals surface area contributed by atoms with Gasteiger partial charge in [-0.2, -0.15) is 0 Å². The molecule has 0 radical (unpaired) electrons. The van der Waals surface area contributed by atoms with Gasteiger partial charge in [0, 0.05) is 6.07 Å². The van der Waals surface area contributed by atoms with Gasteiger partial charge in [0.1, 0.15) is 5.76 Å². The maximum Gasteiger partial charge on any atom is 0.266 e. The molecule has 0 bridgehead atoms. The number of ether oxygens (including phenoxy) is 2. The minimum Gasteiger partial charge on any atom is -0.493 e. The number of hydrogen-bond donors (Lipinski definition) is 1. The highest BCUT2D eigenvalue weighted by atomic mass is 16.5. The quantitative estimate of drug-likeness (QED) is 0.907. The third-order valence-electron chi connectivity index (χ3n) is 2.62. The Bertz CT molecular complexity index is 594. The van der Waals surface area contributed by atoms with Crippen LogP contribution in [0.15, 0.2) is 34.9 Å². The molecular weight excluding hydrogens is 260 g/mol. The Morgan fingerprint density at radius 2 is 2.05 bits per heavy atom. The Balaban J connectivity index is 2.00. The van der Waals surface area contributed by atoms with Crippen LogP contribution in [0.4, 0.5) is 5.82 Å². The summed E-state index contributed by atoms with van der Waals surface area (Å²) in [5, 5.41) is 6.30. The van der Waals surface area contributed by atoms with Crippen molar-refractivity contribution in [1.29, 1.82) is 0 Å². The third kappa shape index (κ3) is 3.28. The molecule has 6 heteroatoms. The van der Waals surface area contributed by atoms with Crippen LogP contribution in [0, 0.1) is 6.92 Å². The fraction of sp³-hybridized carbons (Fsp3) is 0.286. The molecule has 1 atom stereocenters. The zero-order valence-electron chi connectivity index (χ0n) is 11.5. The number of aromatic nitrogens is 1. The van der Waals surface area contributed by atoms with Crippen LogP contribution in [0.1, 0.15) is 12.7 Å². The van der Waals surface area contributed by atoms with Gasteiger partial charge in [-0.25, -0.2) is 0 Å². The van der Waals surface area contributed by atoms with Crippen molar-refractivity contribution in [1.82, 2.24) is 5.16 Å². The highest BCUT2D eigenvalue weighted by Crippen LogP contribution is 2.26. The van der Waals surface area contributed by atoms with Crippen molar-refractivity contribution in [3.05, 3.63) is 36.1 Å². The fourth-order valence-corrected chi connectivity index (χ4v) is 1.61. The van der Waals surface area contributed by atoms with E-state index in [1.54, 1.807) is 39.2 Å². The molecule has 0 aliphatic heterocycles. The van der Waals surface area contributed by atoms with E-state index >= 15 is 0 Å². The maximum atomic E-state index is 12.0. The normalized spacial score (nSPS) is 11.8. The van der Waals surface area contributed by atoms with Gasteiger partial charge in [0.25, 0.3) is 5.91 Å². The van der Waals surface area contributed by atoms with Gasteiger partial charge in [0.2, 0.25) is 0 Å². The Morgan fingerprint density at radius 3 is 2.65 bits per heavy atom. The van der Waals surface area contributed by atoms with Crippen molar-refractivity contribution in [2.45, 2.75) is 20.0 Å². The molecule has 0 saturated carbocycles. The smallest absolute Gasteiger partial charge is 0.266 e. The van der Waals surface area contributed by atoms with Gasteiger partial charge in [-0.1, -0.05) is 17.3 Å². The molecule has 0 aliphatic rings. The van der Waals surface area contributed by atoms with Crippen LogP contribution >= 0.6 is 0 Å². The summed E-state index contributed by atoms with van der Waals surface area (Å²) in [6.07, 6.45) is -0.691. The molecule has 2 rings (SSSR count). The van der Waals surface area contributed by atoms with Crippen molar-refractivity contribution in [3.63, 3.8) is 0 Å². The molecule has 0 saturated heterocycles. The number of carbonyl (C=O) groups excluding carboxylic acids is 1. The summed E-state index contributed by atoms with van der Waals surface area (Å²) in [7, 11) is 1.55. The van der Waals surface area contributed by atoms with Crippen LogP contribution in [-0.2, 0) is 4.79 Å². The van der Waals surface area contributed by atoms with Gasteiger partial charge >= 0.3 is 0 Å². The van der Waals surface area contributed by atoms with E-state index in [9.17, 15) is 4.79 Å². The van der Waals surface area contributed by atoms with E-state index in [0.29, 0.717) is 23.1 Å². The van der Waals surface area contributed by atoms with E-state index < -0.39 is 6.10 Å². The van der Waals surface area contributed by atoms with E-state index in [2.05, 4.69) is 10.5 Å². The molecule has 0 aliphatic carbocycles. The lowest BCUT2D eigenvalue weighted by Gasteiger charge is -2.15. The van der Waals surface area contributed by atoms with Crippen molar-refractivity contribution < 1.29 is 18.8 Å². The summed E-state index contributed by atoms with van der Waals surface area (Å²) < 4.78 is 15.6. The van der Waals surface area contributed by atoms with Crippen molar-refractivity contribution in [2.75, 3.05) is 12.4 Å².